The Hall–Kier alpha value is -1.26. The highest BCUT2D eigenvalue weighted by atomic mass is 16.7. The fourth-order valence-corrected chi connectivity index (χ4v) is 2.95. The summed E-state index contributed by atoms with van der Waals surface area (Å²) in [7, 11) is 0. The number of aliphatic hydroxyl groups is 1. The predicted molar refractivity (Wildman–Crippen MR) is 77.0 cm³/mol. The molecule has 1 aromatic rings. The fraction of sp³-hybridized carbons (Fsp3) is 0.625. The van der Waals surface area contributed by atoms with E-state index in [1.54, 1.807) is 0 Å². The summed E-state index contributed by atoms with van der Waals surface area (Å²) in [6.45, 7) is 3.60. The molecule has 4 heteroatoms. The van der Waals surface area contributed by atoms with Crippen molar-refractivity contribution in [2.24, 2.45) is 0 Å². The van der Waals surface area contributed by atoms with Gasteiger partial charge in [-0.3, -0.25) is 0 Å². The second kappa shape index (κ2) is 6.46. The number of ether oxygens (including phenoxy) is 2. The van der Waals surface area contributed by atoms with Gasteiger partial charge >= 0.3 is 0 Å². The first kappa shape index (κ1) is 13.7. The molecule has 2 aliphatic rings. The van der Waals surface area contributed by atoms with E-state index >= 15 is 0 Å². The van der Waals surface area contributed by atoms with Crippen LogP contribution in [0.3, 0.4) is 0 Å². The SMILES string of the molecule is OC(CCN1CCCCCC1)c1ccc2c(c1)OCO2. The summed E-state index contributed by atoms with van der Waals surface area (Å²) in [5.41, 5.74) is 0.920. The molecule has 0 amide bonds. The van der Waals surface area contributed by atoms with E-state index in [9.17, 15) is 5.11 Å². The van der Waals surface area contributed by atoms with Crippen molar-refractivity contribution in [1.29, 1.82) is 0 Å². The van der Waals surface area contributed by atoms with Crippen molar-refractivity contribution < 1.29 is 14.6 Å². The molecule has 3 rings (SSSR count). The average Bonchev–Trinajstić information content (AvgIpc) is 2.78. The minimum atomic E-state index is -0.423. The largest absolute Gasteiger partial charge is 0.454 e. The molecule has 1 atom stereocenters. The van der Waals surface area contributed by atoms with Crippen LogP contribution in [0.25, 0.3) is 0 Å². The zero-order valence-electron chi connectivity index (χ0n) is 11.9. The molecule has 0 radical (unpaired) electrons. The van der Waals surface area contributed by atoms with E-state index in [-0.39, 0.29) is 6.79 Å². The van der Waals surface area contributed by atoms with Crippen LogP contribution < -0.4 is 9.47 Å². The van der Waals surface area contributed by atoms with Crippen molar-refractivity contribution in [2.45, 2.75) is 38.2 Å². The van der Waals surface area contributed by atoms with Crippen LogP contribution in [0.15, 0.2) is 18.2 Å². The lowest BCUT2D eigenvalue weighted by atomic mass is 10.1. The van der Waals surface area contributed by atoms with Crippen LogP contribution in [0.1, 0.15) is 43.8 Å². The van der Waals surface area contributed by atoms with Gasteiger partial charge in [0.05, 0.1) is 6.10 Å². The quantitative estimate of drug-likeness (QED) is 0.919. The first-order chi connectivity index (χ1) is 9.83. The van der Waals surface area contributed by atoms with Crippen molar-refractivity contribution in [2.75, 3.05) is 26.4 Å². The van der Waals surface area contributed by atoms with Crippen LogP contribution >= 0.6 is 0 Å². The first-order valence-corrected chi connectivity index (χ1v) is 7.63. The molecular weight excluding hydrogens is 254 g/mol. The molecule has 0 spiro atoms. The summed E-state index contributed by atoms with van der Waals surface area (Å²) < 4.78 is 10.6. The van der Waals surface area contributed by atoms with Gasteiger partial charge in [-0.15, -0.1) is 0 Å². The lowest BCUT2D eigenvalue weighted by molar-refractivity contribution is 0.142. The minimum Gasteiger partial charge on any atom is -0.454 e. The number of fused-ring (bicyclic) bond motifs is 1. The third kappa shape index (κ3) is 3.25. The Morgan fingerprint density at radius 2 is 1.80 bits per heavy atom. The maximum atomic E-state index is 10.3. The molecule has 4 nitrogen and oxygen atoms in total. The average molecular weight is 277 g/mol. The normalized spacial score (nSPS) is 20.6. The van der Waals surface area contributed by atoms with E-state index in [0.29, 0.717) is 0 Å². The Morgan fingerprint density at radius 1 is 1.05 bits per heavy atom. The highest BCUT2D eigenvalue weighted by Gasteiger charge is 2.17. The van der Waals surface area contributed by atoms with E-state index in [0.717, 1.165) is 30.0 Å². The van der Waals surface area contributed by atoms with Crippen molar-refractivity contribution in [3.8, 4) is 11.5 Å². The van der Waals surface area contributed by atoms with Gasteiger partial charge in [0.2, 0.25) is 6.79 Å². The summed E-state index contributed by atoms with van der Waals surface area (Å²) in [5.74, 6) is 1.52. The molecule has 2 aliphatic heterocycles. The number of rotatable bonds is 4. The third-order valence-corrected chi connectivity index (χ3v) is 4.20. The number of likely N-dealkylation sites (tertiary alicyclic amines) is 1. The fourth-order valence-electron chi connectivity index (χ4n) is 2.95. The van der Waals surface area contributed by atoms with Gasteiger partial charge in [-0.05, 0) is 50.0 Å². The molecule has 110 valence electrons. The summed E-state index contributed by atoms with van der Waals surface area (Å²) in [6, 6.07) is 5.71. The molecule has 20 heavy (non-hydrogen) atoms. The van der Waals surface area contributed by atoms with Gasteiger partial charge < -0.3 is 19.5 Å². The molecule has 1 fully saturated rings. The lowest BCUT2D eigenvalue weighted by Crippen LogP contribution is -2.26. The van der Waals surface area contributed by atoms with Gasteiger partial charge in [0.1, 0.15) is 0 Å². The minimum absolute atomic E-state index is 0.280. The Morgan fingerprint density at radius 3 is 2.60 bits per heavy atom. The van der Waals surface area contributed by atoms with Crippen LogP contribution in [-0.4, -0.2) is 36.4 Å². The molecule has 0 aromatic heterocycles. The summed E-state index contributed by atoms with van der Waals surface area (Å²) in [6.07, 6.45) is 5.63. The van der Waals surface area contributed by atoms with Crippen LogP contribution in [-0.2, 0) is 0 Å². The van der Waals surface area contributed by atoms with Crippen molar-refractivity contribution in [3.63, 3.8) is 0 Å². The molecular formula is C16H23NO3. The van der Waals surface area contributed by atoms with Gasteiger partial charge in [-0.25, -0.2) is 0 Å². The standard InChI is InChI=1S/C16H23NO3/c18-14(7-10-17-8-3-1-2-4-9-17)13-5-6-15-16(11-13)20-12-19-15/h5-6,11,14,18H,1-4,7-10,12H2. The molecule has 0 aliphatic carbocycles. The Labute approximate surface area is 120 Å². The second-order valence-corrected chi connectivity index (χ2v) is 5.67. The summed E-state index contributed by atoms with van der Waals surface area (Å²) >= 11 is 0. The molecule has 1 saturated heterocycles. The van der Waals surface area contributed by atoms with Crippen LogP contribution in [0.4, 0.5) is 0 Å². The smallest absolute Gasteiger partial charge is 0.231 e. The number of aliphatic hydroxyl groups excluding tert-OH is 1. The molecule has 1 aromatic carbocycles. The Bertz CT molecular complexity index is 441. The van der Waals surface area contributed by atoms with Crippen LogP contribution in [0, 0.1) is 0 Å². The summed E-state index contributed by atoms with van der Waals surface area (Å²) in [4.78, 5) is 2.48. The van der Waals surface area contributed by atoms with E-state index in [1.807, 2.05) is 18.2 Å². The van der Waals surface area contributed by atoms with Gasteiger partial charge in [-0.1, -0.05) is 18.9 Å². The van der Waals surface area contributed by atoms with E-state index in [1.165, 1.54) is 38.8 Å². The number of hydrogen-bond acceptors (Lipinski definition) is 4. The van der Waals surface area contributed by atoms with Crippen molar-refractivity contribution in [3.05, 3.63) is 23.8 Å². The molecule has 1 N–H and O–H groups in total. The van der Waals surface area contributed by atoms with Gasteiger partial charge in [0.25, 0.3) is 0 Å². The predicted octanol–water partition coefficient (Wildman–Crippen LogP) is 2.71. The van der Waals surface area contributed by atoms with Crippen molar-refractivity contribution in [1.82, 2.24) is 4.90 Å². The van der Waals surface area contributed by atoms with E-state index < -0.39 is 6.10 Å². The molecule has 0 bridgehead atoms. The topological polar surface area (TPSA) is 41.9 Å². The first-order valence-electron chi connectivity index (χ1n) is 7.63. The van der Waals surface area contributed by atoms with Crippen molar-refractivity contribution >= 4 is 0 Å². The molecule has 2 heterocycles. The third-order valence-electron chi connectivity index (χ3n) is 4.20. The monoisotopic (exact) mass is 277 g/mol. The Balaban J connectivity index is 1.54. The van der Waals surface area contributed by atoms with Gasteiger partial charge in [-0.2, -0.15) is 0 Å². The maximum absolute atomic E-state index is 10.3. The molecule has 0 saturated carbocycles. The maximum Gasteiger partial charge on any atom is 0.231 e. The number of hydrogen-bond donors (Lipinski definition) is 1. The van der Waals surface area contributed by atoms with Crippen LogP contribution in [0.5, 0.6) is 11.5 Å². The zero-order valence-corrected chi connectivity index (χ0v) is 11.9. The van der Waals surface area contributed by atoms with E-state index in [2.05, 4.69) is 4.90 Å². The van der Waals surface area contributed by atoms with E-state index in [4.69, 9.17) is 9.47 Å². The molecule has 1 unspecified atom stereocenters. The highest BCUT2D eigenvalue weighted by molar-refractivity contribution is 5.45. The van der Waals surface area contributed by atoms with Crippen LogP contribution in [0.2, 0.25) is 0 Å². The highest BCUT2D eigenvalue weighted by Crippen LogP contribution is 2.34. The number of nitrogens with zero attached hydrogens (tertiary/aromatic N) is 1. The van der Waals surface area contributed by atoms with Gasteiger partial charge in [0.15, 0.2) is 11.5 Å². The lowest BCUT2D eigenvalue weighted by Gasteiger charge is -2.21. The van der Waals surface area contributed by atoms with Gasteiger partial charge in [0, 0.05) is 6.54 Å². The Kier molecular flexibility index (Phi) is 4.43. The zero-order chi connectivity index (χ0) is 13.8. The second-order valence-electron chi connectivity index (χ2n) is 5.67. The summed E-state index contributed by atoms with van der Waals surface area (Å²) in [5, 5.41) is 10.3. The number of benzene rings is 1.